The Morgan fingerprint density at radius 3 is 2.63 bits per heavy atom. The summed E-state index contributed by atoms with van der Waals surface area (Å²) in [6.45, 7) is 1.39. The van der Waals surface area contributed by atoms with Crippen molar-refractivity contribution in [3.8, 4) is 17.0 Å². The van der Waals surface area contributed by atoms with Crippen LogP contribution in [-0.4, -0.2) is 55.3 Å². The highest BCUT2D eigenvalue weighted by atomic mass is 32.2. The molecule has 1 aromatic heterocycles. The van der Waals surface area contributed by atoms with E-state index < -0.39 is 0 Å². The second-order valence-electron chi connectivity index (χ2n) is 8.13. The van der Waals surface area contributed by atoms with Gasteiger partial charge >= 0.3 is 0 Å². The summed E-state index contributed by atoms with van der Waals surface area (Å²) in [5.41, 5.74) is 4.24. The summed E-state index contributed by atoms with van der Waals surface area (Å²) < 4.78 is 5.57. The number of carbonyl (C=O) groups is 2. The van der Waals surface area contributed by atoms with Gasteiger partial charge < -0.3 is 20.3 Å². The Bertz CT molecular complexity index is 1200. The molecule has 2 aromatic carbocycles. The summed E-state index contributed by atoms with van der Waals surface area (Å²) >= 11 is 1.69. The zero-order valence-corrected chi connectivity index (χ0v) is 20.9. The first-order valence-corrected chi connectivity index (χ1v) is 12.7. The lowest BCUT2D eigenvalue weighted by Crippen LogP contribution is -2.23. The van der Waals surface area contributed by atoms with E-state index in [-0.39, 0.29) is 17.1 Å². The van der Waals surface area contributed by atoms with Gasteiger partial charge in [-0.1, -0.05) is 18.2 Å². The van der Waals surface area contributed by atoms with Gasteiger partial charge in [0, 0.05) is 55.0 Å². The van der Waals surface area contributed by atoms with Gasteiger partial charge in [0.05, 0.1) is 18.1 Å². The predicted molar refractivity (Wildman–Crippen MR) is 140 cm³/mol. The number of benzene rings is 2. The summed E-state index contributed by atoms with van der Waals surface area (Å²) in [4.78, 5) is 34.6. The summed E-state index contributed by atoms with van der Waals surface area (Å²) in [5, 5.41) is 6.13. The lowest BCUT2D eigenvalue weighted by molar-refractivity contribution is -0.117. The van der Waals surface area contributed by atoms with Crippen molar-refractivity contribution in [2.45, 2.75) is 18.1 Å². The maximum Gasteiger partial charge on any atom is 0.251 e. The number of ether oxygens (including phenoxy) is 1. The van der Waals surface area contributed by atoms with E-state index >= 15 is 0 Å². The van der Waals surface area contributed by atoms with Crippen LogP contribution < -0.4 is 20.3 Å². The van der Waals surface area contributed by atoms with Crippen molar-refractivity contribution in [2.24, 2.45) is 0 Å². The van der Waals surface area contributed by atoms with E-state index in [9.17, 15) is 9.59 Å². The van der Waals surface area contributed by atoms with Crippen LogP contribution in [-0.2, 0) is 4.79 Å². The monoisotopic (exact) mass is 491 g/mol. The first-order chi connectivity index (χ1) is 17.0. The van der Waals surface area contributed by atoms with E-state index in [1.165, 1.54) is 0 Å². The van der Waals surface area contributed by atoms with Crippen LogP contribution in [0.4, 0.5) is 11.5 Å². The zero-order chi connectivity index (χ0) is 24.8. The highest BCUT2D eigenvalue weighted by molar-refractivity contribution is 7.98. The van der Waals surface area contributed by atoms with Gasteiger partial charge in [-0.05, 0) is 36.9 Å². The maximum atomic E-state index is 12.0. The number of aromatic nitrogens is 2. The van der Waals surface area contributed by atoms with Gasteiger partial charge in [0.15, 0.2) is 0 Å². The van der Waals surface area contributed by atoms with Crippen molar-refractivity contribution in [2.75, 3.05) is 43.7 Å². The van der Waals surface area contributed by atoms with Gasteiger partial charge in [0.2, 0.25) is 5.91 Å². The number of hydrogen-bond acceptors (Lipinski definition) is 7. The first-order valence-electron chi connectivity index (χ1n) is 11.4. The molecule has 2 N–H and O–H groups in total. The number of methoxy groups -OCH3 is 1. The van der Waals surface area contributed by atoms with E-state index in [0.29, 0.717) is 30.1 Å². The molecule has 0 radical (unpaired) electrons. The molecule has 2 heterocycles. The molecule has 1 atom stereocenters. The minimum absolute atomic E-state index is 0.0828. The third kappa shape index (κ3) is 5.57. The molecule has 0 saturated carbocycles. The predicted octanol–water partition coefficient (Wildman–Crippen LogP) is 4.15. The minimum Gasteiger partial charge on any atom is -0.496 e. The molecule has 1 unspecified atom stereocenters. The standard InChI is InChI=1S/C26H29N5O3S/c1-27-26(33)18-8-11-20(22(13-18)34-2)23(35-3)15-28-24-14-21(29-16-30-24)17-6-9-19(10-7-17)31-12-4-5-25(31)32/h6-11,13-14,16,23H,4-5,12,15H2,1-3H3,(H,27,33)(H,28,29,30). The number of hydrogen-bond donors (Lipinski definition) is 2. The van der Waals surface area contributed by atoms with Crippen LogP contribution in [0.5, 0.6) is 5.75 Å². The molecule has 35 heavy (non-hydrogen) atoms. The van der Waals surface area contributed by atoms with Crippen molar-refractivity contribution in [1.82, 2.24) is 15.3 Å². The highest BCUT2D eigenvalue weighted by Crippen LogP contribution is 2.35. The van der Waals surface area contributed by atoms with Crippen LogP contribution in [0, 0.1) is 0 Å². The second kappa shape index (κ2) is 11.2. The molecular formula is C26H29N5O3S. The van der Waals surface area contributed by atoms with E-state index in [0.717, 1.165) is 35.5 Å². The Kier molecular flexibility index (Phi) is 7.87. The van der Waals surface area contributed by atoms with Crippen LogP contribution in [0.1, 0.15) is 34.0 Å². The molecule has 9 heteroatoms. The fourth-order valence-corrected chi connectivity index (χ4v) is 4.82. The highest BCUT2D eigenvalue weighted by Gasteiger charge is 2.21. The van der Waals surface area contributed by atoms with Crippen LogP contribution in [0.15, 0.2) is 54.9 Å². The minimum atomic E-state index is -0.151. The molecule has 1 aliphatic rings. The van der Waals surface area contributed by atoms with Crippen molar-refractivity contribution in [3.63, 3.8) is 0 Å². The molecule has 0 bridgehead atoms. The molecule has 1 fully saturated rings. The topological polar surface area (TPSA) is 96.5 Å². The SMILES string of the molecule is CNC(=O)c1ccc(C(CNc2cc(-c3ccc(N4CCCC4=O)cc3)ncn2)SC)c(OC)c1. The maximum absolute atomic E-state index is 12.0. The smallest absolute Gasteiger partial charge is 0.251 e. The van der Waals surface area contributed by atoms with Gasteiger partial charge in [0.1, 0.15) is 17.9 Å². The average molecular weight is 492 g/mol. The van der Waals surface area contributed by atoms with Gasteiger partial charge in [-0.3, -0.25) is 9.59 Å². The Morgan fingerprint density at radius 2 is 1.97 bits per heavy atom. The molecule has 2 amide bonds. The molecule has 1 aliphatic heterocycles. The van der Waals surface area contributed by atoms with Crippen LogP contribution in [0.3, 0.4) is 0 Å². The quantitative estimate of drug-likeness (QED) is 0.464. The van der Waals surface area contributed by atoms with Crippen LogP contribution >= 0.6 is 11.8 Å². The van der Waals surface area contributed by atoms with Crippen molar-refractivity contribution in [3.05, 3.63) is 66.0 Å². The Hall–Kier alpha value is -3.59. The number of nitrogens with one attached hydrogen (secondary N) is 2. The van der Waals surface area contributed by atoms with Crippen LogP contribution in [0.2, 0.25) is 0 Å². The third-order valence-electron chi connectivity index (χ3n) is 6.04. The number of anilines is 2. The zero-order valence-electron chi connectivity index (χ0n) is 20.1. The number of amides is 2. The fraction of sp³-hybridized carbons (Fsp3) is 0.308. The molecule has 4 rings (SSSR count). The molecule has 0 aliphatic carbocycles. The average Bonchev–Trinajstić information content (AvgIpc) is 3.34. The molecule has 3 aromatic rings. The fourth-order valence-electron chi connectivity index (χ4n) is 4.13. The van der Waals surface area contributed by atoms with E-state index in [1.807, 2.05) is 53.6 Å². The molecule has 0 spiro atoms. The number of carbonyl (C=O) groups excluding carboxylic acids is 2. The van der Waals surface area contributed by atoms with Gasteiger partial charge in [-0.15, -0.1) is 0 Å². The lowest BCUT2D eigenvalue weighted by Gasteiger charge is -2.19. The summed E-state index contributed by atoms with van der Waals surface area (Å²) in [7, 11) is 3.22. The summed E-state index contributed by atoms with van der Waals surface area (Å²) in [6, 6.07) is 15.3. The molecule has 8 nitrogen and oxygen atoms in total. The lowest BCUT2D eigenvalue weighted by atomic mass is 10.1. The molecular weight excluding hydrogens is 462 g/mol. The normalized spacial score (nSPS) is 14.0. The van der Waals surface area contributed by atoms with Gasteiger partial charge in [0.25, 0.3) is 5.91 Å². The van der Waals surface area contributed by atoms with Crippen molar-refractivity contribution >= 4 is 35.1 Å². The van der Waals surface area contributed by atoms with Gasteiger partial charge in [-0.25, -0.2) is 9.97 Å². The Labute approximate surface area is 209 Å². The molecule has 182 valence electrons. The number of nitrogens with zero attached hydrogens (tertiary/aromatic N) is 3. The van der Waals surface area contributed by atoms with E-state index in [4.69, 9.17) is 4.74 Å². The summed E-state index contributed by atoms with van der Waals surface area (Å²) in [5.74, 6) is 1.41. The second-order valence-corrected chi connectivity index (χ2v) is 9.17. The van der Waals surface area contributed by atoms with E-state index in [1.54, 1.807) is 38.3 Å². The van der Waals surface area contributed by atoms with Gasteiger partial charge in [-0.2, -0.15) is 11.8 Å². The third-order valence-corrected chi connectivity index (χ3v) is 7.03. The van der Waals surface area contributed by atoms with E-state index in [2.05, 4.69) is 20.6 Å². The molecule has 1 saturated heterocycles. The summed E-state index contributed by atoms with van der Waals surface area (Å²) in [6.07, 6.45) is 5.10. The first kappa shape index (κ1) is 24.5. The van der Waals surface area contributed by atoms with Crippen LogP contribution in [0.25, 0.3) is 11.3 Å². The number of rotatable bonds is 9. The largest absolute Gasteiger partial charge is 0.496 e. The van der Waals surface area contributed by atoms with Crippen molar-refractivity contribution < 1.29 is 14.3 Å². The Morgan fingerprint density at radius 1 is 1.17 bits per heavy atom. The number of thioether (sulfide) groups is 1. The van der Waals surface area contributed by atoms with Crippen molar-refractivity contribution in [1.29, 1.82) is 0 Å². The Balaban J connectivity index is 1.46.